The Morgan fingerprint density at radius 3 is 2.53 bits per heavy atom. The first-order valence-corrected chi connectivity index (χ1v) is 8.44. The summed E-state index contributed by atoms with van der Waals surface area (Å²) in [5, 5.41) is 3.69. The molecule has 0 bridgehead atoms. The average Bonchev–Trinajstić information content (AvgIpc) is 2.38. The van der Waals surface area contributed by atoms with Gasteiger partial charge in [0, 0.05) is 16.6 Å². The van der Waals surface area contributed by atoms with E-state index in [-0.39, 0.29) is 0 Å². The van der Waals surface area contributed by atoms with Gasteiger partial charge < -0.3 is 5.32 Å². The maximum atomic E-state index is 3.69. The van der Waals surface area contributed by atoms with Crippen LogP contribution in [0.15, 0.2) is 28.7 Å². The van der Waals surface area contributed by atoms with Crippen LogP contribution in [0.25, 0.3) is 0 Å². The number of benzene rings is 1. The van der Waals surface area contributed by atoms with Gasteiger partial charge in [0.2, 0.25) is 0 Å². The second kappa shape index (κ2) is 9.55. The van der Waals surface area contributed by atoms with Crippen LogP contribution in [0.4, 0.5) is 0 Å². The van der Waals surface area contributed by atoms with Crippen LogP contribution in [0.1, 0.15) is 70.9 Å². The highest BCUT2D eigenvalue weighted by Crippen LogP contribution is 2.19. The lowest BCUT2D eigenvalue weighted by molar-refractivity contribution is 0.436. The van der Waals surface area contributed by atoms with Crippen molar-refractivity contribution >= 4 is 15.9 Å². The molecule has 0 aliphatic rings. The Morgan fingerprint density at radius 1 is 1.11 bits per heavy atom. The van der Waals surface area contributed by atoms with Crippen molar-refractivity contribution in [2.24, 2.45) is 0 Å². The van der Waals surface area contributed by atoms with Crippen molar-refractivity contribution in [1.29, 1.82) is 0 Å². The highest BCUT2D eigenvalue weighted by molar-refractivity contribution is 9.10. The van der Waals surface area contributed by atoms with Crippen LogP contribution < -0.4 is 5.32 Å². The molecule has 0 aromatic heterocycles. The van der Waals surface area contributed by atoms with Crippen molar-refractivity contribution in [2.75, 3.05) is 0 Å². The molecule has 0 aliphatic carbocycles. The number of unbranched alkanes of at least 4 members (excludes halogenated alkanes) is 4. The van der Waals surface area contributed by atoms with Crippen LogP contribution in [0.2, 0.25) is 0 Å². The van der Waals surface area contributed by atoms with E-state index in [1.807, 2.05) is 0 Å². The van der Waals surface area contributed by atoms with Gasteiger partial charge in [-0.2, -0.15) is 0 Å². The van der Waals surface area contributed by atoms with Crippen molar-refractivity contribution in [1.82, 2.24) is 5.32 Å². The van der Waals surface area contributed by atoms with E-state index in [0.717, 1.165) is 4.47 Å². The molecule has 1 nitrogen and oxygen atoms in total. The first-order chi connectivity index (χ1) is 9.13. The average molecular weight is 326 g/mol. The molecular formula is C17H28BrN. The minimum atomic E-state index is 0.420. The summed E-state index contributed by atoms with van der Waals surface area (Å²) in [6, 6.07) is 9.58. The normalized spacial score (nSPS) is 14.3. The van der Waals surface area contributed by atoms with Crippen LogP contribution in [0.5, 0.6) is 0 Å². The third-order valence-corrected chi connectivity index (χ3v) is 4.12. The summed E-state index contributed by atoms with van der Waals surface area (Å²) in [6.07, 6.45) is 8.11. The Labute approximate surface area is 127 Å². The summed E-state index contributed by atoms with van der Waals surface area (Å²) in [4.78, 5) is 0. The van der Waals surface area contributed by atoms with Crippen molar-refractivity contribution in [2.45, 2.75) is 71.4 Å². The molecule has 2 unspecified atom stereocenters. The smallest absolute Gasteiger partial charge is 0.0294 e. The van der Waals surface area contributed by atoms with E-state index in [1.165, 1.54) is 44.1 Å². The van der Waals surface area contributed by atoms with Gasteiger partial charge in [-0.15, -0.1) is 0 Å². The molecule has 1 aromatic rings. The van der Waals surface area contributed by atoms with E-state index in [4.69, 9.17) is 0 Å². The number of hydrogen-bond acceptors (Lipinski definition) is 1. The minimum Gasteiger partial charge on any atom is -0.308 e. The molecule has 108 valence electrons. The van der Waals surface area contributed by atoms with Crippen LogP contribution in [0, 0.1) is 0 Å². The molecular weight excluding hydrogens is 298 g/mol. The standard InChI is InChI=1S/C17H28BrN/c1-4-5-6-7-8-10-14(2)19-15(3)16-11-9-12-17(18)13-16/h9,11-15,19H,4-8,10H2,1-3H3. The topological polar surface area (TPSA) is 12.0 Å². The fourth-order valence-electron chi connectivity index (χ4n) is 2.44. The van der Waals surface area contributed by atoms with Crippen molar-refractivity contribution < 1.29 is 0 Å². The minimum absolute atomic E-state index is 0.420. The Morgan fingerprint density at radius 2 is 1.84 bits per heavy atom. The molecule has 2 atom stereocenters. The van der Waals surface area contributed by atoms with Gasteiger partial charge in [0.15, 0.2) is 0 Å². The lowest BCUT2D eigenvalue weighted by Crippen LogP contribution is -2.28. The predicted octanol–water partition coefficient (Wildman–Crippen LogP) is 5.85. The van der Waals surface area contributed by atoms with Gasteiger partial charge in [-0.1, -0.05) is 67.1 Å². The van der Waals surface area contributed by atoms with E-state index in [2.05, 4.69) is 66.3 Å². The fraction of sp³-hybridized carbons (Fsp3) is 0.647. The summed E-state index contributed by atoms with van der Waals surface area (Å²) in [5.74, 6) is 0. The van der Waals surface area contributed by atoms with Crippen LogP contribution in [-0.4, -0.2) is 6.04 Å². The molecule has 0 heterocycles. The first-order valence-electron chi connectivity index (χ1n) is 7.65. The SMILES string of the molecule is CCCCCCCC(C)NC(C)c1cccc(Br)c1. The monoisotopic (exact) mass is 325 g/mol. The second-order valence-corrected chi connectivity index (χ2v) is 6.46. The zero-order chi connectivity index (χ0) is 14.1. The molecule has 1 rings (SSSR count). The Bertz CT molecular complexity index is 351. The molecule has 0 spiro atoms. The quantitative estimate of drug-likeness (QED) is 0.561. The summed E-state index contributed by atoms with van der Waals surface area (Å²) >= 11 is 3.53. The highest BCUT2D eigenvalue weighted by atomic mass is 79.9. The van der Waals surface area contributed by atoms with E-state index in [1.54, 1.807) is 0 Å². The summed E-state index contributed by atoms with van der Waals surface area (Å²) in [6.45, 7) is 6.81. The maximum Gasteiger partial charge on any atom is 0.0294 e. The van der Waals surface area contributed by atoms with Gasteiger partial charge in [-0.3, -0.25) is 0 Å². The van der Waals surface area contributed by atoms with Gasteiger partial charge in [0.1, 0.15) is 0 Å². The molecule has 0 amide bonds. The zero-order valence-corrected chi connectivity index (χ0v) is 14.2. The van der Waals surface area contributed by atoms with Gasteiger partial charge >= 0.3 is 0 Å². The number of nitrogens with one attached hydrogen (secondary N) is 1. The predicted molar refractivity (Wildman–Crippen MR) is 88.5 cm³/mol. The molecule has 19 heavy (non-hydrogen) atoms. The van der Waals surface area contributed by atoms with E-state index < -0.39 is 0 Å². The Hall–Kier alpha value is -0.340. The van der Waals surface area contributed by atoms with Crippen molar-refractivity contribution in [3.63, 3.8) is 0 Å². The summed E-state index contributed by atoms with van der Waals surface area (Å²) in [5.41, 5.74) is 1.35. The van der Waals surface area contributed by atoms with E-state index in [0.29, 0.717) is 12.1 Å². The van der Waals surface area contributed by atoms with Gasteiger partial charge in [0.05, 0.1) is 0 Å². The van der Waals surface area contributed by atoms with Gasteiger partial charge in [0.25, 0.3) is 0 Å². The second-order valence-electron chi connectivity index (χ2n) is 5.55. The summed E-state index contributed by atoms with van der Waals surface area (Å²) < 4.78 is 1.16. The number of halogens is 1. The molecule has 1 N–H and O–H groups in total. The Balaban J connectivity index is 2.26. The number of hydrogen-bond donors (Lipinski definition) is 1. The lowest BCUT2D eigenvalue weighted by atomic mass is 10.0. The number of rotatable bonds is 9. The lowest BCUT2D eigenvalue weighted by Gasteiger charge is -2.20. The zero-order valence-electron chi connectivity index (χ0n) is 12.6. The fourth-order valence-corrected chi connectivity index (χ4v) is 2.85. The van der Waals surface area contributed by atoms with Crippen LogP contribution in [-0.2, 0) is 0 Å². The van der Waals surface area contributed by atoms with Gasteiger partial charge in [-0.25, -0.2) is 0 Å². The van der Waals surface area contributed by atoms with Gasteiger partial charge in [-0.05, 0) is 38.0 Å². The molecule has 0 saturated heterocycles. The van der Waals surface area contributed by atoms with Crippen LogP contribution >= 0.6 is 15.9 Å². The Kier molecular flexibility index (Phi) is 8.40. The van der Waals surface area contributed by atoms with E-state index in [9.17, 15) is 0 Å². The van der Waals surface area contributed by atoms with Crippen molar-refractivity contribution in [3.8, 4) is 0 Å². The highest BCUT2D eigenvalue weighted by Gasteiger charge is 2.09. The molecule has 0 aliphatic heterocycles. The largest absolute Gasteiger partial charge is 0.308 e. The third-order valence-electron chi connectivity index (χ3n) is 3.62. The first kappa shape index (κ1) is 16.7. The molecule has 2 heteroatoms. The van der Waals surface area contributed by atoms with Crippen LogP contribution in [0.3, 0.4) is 0 Å². The molecule has 0 fully saturated rings. The maximum absolute atomic E-state index is 3.69. The molecule has 1 aromatic carbocycles. The van der Waals surface area contributed by atoms with Crippen molar-refractivity contribution in [3.05, 3.63) is 34.3 Å². The molecule has 0 radical (unpaired) electrons. The molecule has 0 saturated carbocycles. The summed E-state index contributed by atoms with van der Waals surface area (Å²) in [7, 11) is 0. The van der Waals surface area contributed by atoms with E-state index >= 15 is 0 Å². The third kappa shape index (κ3) is 7.12.